The van der Waals surface area contributed by atoms with Crippen LogP contribution in [0.3, 0.4) is 0 Å². The molecular formula is C15H26N4O. The Labute approximate surface area is 121 Å². The predicted octanol–water partition coefficient (Wildman–Crippen LogP) is 2.47. The average molecular weight is 278 g/mol. The van der Waals surface area contributed by atoms with E-state index in [0.717, 1.165) is 12.2 Å². The second kappa shape index (κ2) is 5.95. The summed E-state index contributed by atoms with van der Waals surface area (Å²) >= 11 is 0. The van der Waals surface area contributed by atoms with E-state index in [9.17, 15) is 0 Å². The molecule has 1 heterocycles. The maximum atomic E-state index is 5.65. The van der Waals surface area contributed by atoms with E-state index in [1.807, 2.05) is 26.8 Å². The van der Waals surface area contributed by atoms with Gasteiger partial charge in [0.25, 0.3) is 0 Å². The van der Waals surface area contributed by atoms with E-state index in [2.05, 4.69) is 34.3 Å². The molecule has 0 radical (unpaired) electrons. The molecule has 1 fully saturated rings. The van der Waals surface area contributed by atoms with Crippen LogP contribution < -0.4 is 10.1 Å². The first kappa shape index (κ1) is 15.0. The number of hydrogen-bond acceptors (Lipinski definition) is 5. The third-order valence-electron chi connectivity index (χ3n) is 4.00. The summed E-state index contributed by atoms with van der Waals surface area (Å²) in [5, 5.41) is 3.38. The van der Waals surface area contributed by atoms with E-state index in [4.69, 9.17) is 4.74 Å². The summed E-state index contributed by atoms with van der Waals surface area (Å²) in [5.74, 6) is 1.30. The van der Waals surface area contributed by atoms with Gasteiger partial charge in [-0.3, -0.25) is 0 Å². The number of aryl methyl sites for hydroxylation is 1. The molecule has 0 unspecified atom stereocenters. The molecule has 1 aromatic heterocycles. The molecule has 1 aliphatic carbocycles. The molecule has 1 aliphatic rings. The van der Waals surface area contributed by atoms with Gasteiger partial charge < -0.3 is 15.0 Å². The summed E-state index contributed by atoms with van der Waals surface area (Å²) in [5.41, 5.74) is 1.18. The minimum atomic E-state index is 0.122. The number of rotatable bonds is 6. The van der Waals surface area contributed by atoms with Gasteiger partial charge in [-0.1, -0.05) is 0 Å². The number of likely N-dealkylation sites (N-methyl/N-ethyl adjacent to an activating group) is 1. The van der Waals surface area contributed by atoms with Gasteiger partial charge in [0.2, 0.25) is 11.8 Å². The van der Waals surface area contributed by atoms with Crippen LogP contribution in [-0.2, 0) is 0 Å². The van der Waals surface area contributed by atoms with Crippen molar-refractivity contribution in [3.63, 3.8) is 0 Å². The molecule has 0 amide bonds. The fourth-order valence-corrected chi connectivity index (χ4v) is 2.53. The highest BCUT2D eigenvalue weighted by atomic mass is 16.5. The van der Waals surface area contributed by atoms with Gasteiger partial charge in [-0.05, 0) is 54.1 Å². The van der Waals surface area contributed by atoms with Crippen LogP contribution >= 0.6 is 0 Å². The van der Waals surface area contributed by atoms with Gasteiger partial charge in [0.05, 0.1) is 6.10 Å². The lowest BCUT2D eigenvalue weighted by Gasteiger charge is -2.47. The topological polar surface area (TPSA) is 50.3 Å². The molecule has 5 nitrogen and oxygen atoms in total. The lowest BCUT2D eigenvalue weighted by molar-refractivity contribution is 0.0737. The van der Waals surface area contributed by atoms with Crippen LogP contribution in [0.5, 0.6) is 5.88 Å². The van der Waals surface area contributed by atoms with E-state index in [1.54, 1.807) is 0 Å². The summed E-state index contributed by atoms with van der Waals surface area (Å²) in [4.78, 5) is 11.2. The van der Waals surface area contributed by atoms with Crippen molar-refractivity contribution in [1.29, 1.82) is 0 Å². The normalized spacial score (nSPS) is 17.1. The lowest BCUT2D eigenvalue weighted by Crippen LogP contribution is -2.54. The van der Waals surface area contributed by atoms with Crippen molar-refractivity contribution in [3.8, 4) is 5.88 Å². The maximum absolute atomic E-state index is 5.65. The molecular weight excluding hydrogens is 252 g/mol. The second-order valence-corrected chi connectivity index (χ2v) is 6.16. The average Bonchev–Trinajstić information content (AvgIpc) is 2.24. The Morgan fingerprint density at radius 3 is 2.55 bits per heavy atom. The Morgan fingerprint density at radius 1 is 1.35 bits per heavy atom. The van der Waals surface area contributed by atoms with Crippen molar-refractivity contribution in [2.24, 2.45) is 0 Å². The van der Waals surface area contributed by atoms with Crippen LogP contribution in [0.25, 0.3) is 0 Å². The summed E-state index contributed by atoms with van der Waals surface area (Å²) in [7, 11) is 4.29. The summed E-state index contributed by atoms with van der Waals surface area (Å²) in [6.07, 6.45) is 3.88. The van der Waals surface area contributed by atoms with E-state index < -0.39 is 0 Å². The van der Waals surface area contributed by atoms with Gasteiger partial charge in [-0.2, -0.15) is 4.98 Å². The standard InChI is InChI=1S/C15H26N4O/c1-11(2)20-13-9-12(3)17-14(18-13)16-10-15(19(4)5)7-6-8-15/h9,11H,6-8,10H2,1-5H3,(H,16,17,18). The van der Waals surface area contributed by atoms with Crippen LogP contribution in [-0.4, -0.2) is 47.2 Å². The van der Waals surface area contributed by atoms with Gasteiger partial charge in [-0.25, -0.2) is 4.98 Å². The van der Waals surface area contributed by atoms with Crippen LogP contribution in [0, 0.1) is 6.92 Å². The van der Waals surface area contributed by atoms with Crippen molar-refractivity contribution < 1.29 is 4.74 Å². The highest BCUT2D eigenvalue weighted by Gasteiger charge is 2.38. The van der Waals surface area contributed by atoms with Gasteiger partial charge in [0.1, 0.15) is 0 Å². The van der Waals surface area contributed by atoms with Crippen molar-refractivity contribution in [3.05, 3.63) is 11.8 Å². The summed E-state index contributed by atoms with van der Waals surface area (Å²) < 4.78 is 5.65. The largest absolute Gasteiger partial charge is 0.475 e. The number of anilines is 1. The molecule has 1 saturated carbocycles. The smallest absolute Gasteiger partial charge is 0.226 e. The Kier molecular flexibility index (Phi) is 4.48. The Balaban J connectivity index is 2.04. The minimum absolute atomic E-state index is 0.122. The van der Waals surface area contributed by atoms with Gasteiger partial charge in [0, 0.05) is 23.8 Å². The molecule has 0 aromatic carbocycles. The minimum Gasteiger partial charge on any atom is -0.475 e. The molecule has 0 bridgehead atoms. The third kappa shape index (κ3) is 3.39. The molecule has 0 atom stereocenters. The van der Waals surface area contributed by atoms with E-state index in [1.165, 1.54) is 19.3 Å². The van der Waals surface area contributed by atoms with Crippen LogP contribution in [0.4, 0.5) is 5.95 Å². The third-order valence-corrected chi connectivity index (χ3v) is 4.00. The van der Waals surface area contributed by atoms with E-state index >= 15 is 0 Å². The number of aromatic nitrogens is 2. The first-order chi connectivity index (χ1) is 9.41. The monoisotopic (exact) mass is 278 g/mol. The van der Waals surface area contributed by atoms with Gasteiger partial charge >= 0.3 is 0 Å². The van der Waals surface area contributed by atoms with Gasteiger partial charge in [0.15, 0.2) is 0 Å². The Morgan fingerprint density at radius 2 is 2.05 bits per heavy atom. The number of nitrogens with one attached hydrogen (secondary N) is 1. The first-order valence-electron chi connectivity index (χ1n) is 7.35. The van der Waals surface area contributed by atoms with Crippen LogP contribution in [0.2, 0.25) is 0 Å². The molecule has 5 heteroatoms. The lowest BCUT2D eigenvalue weighted by atomic mass is 9.75. The summed E-state index contributed by atoms with van der Waals surface area (Å²) in [6, 6.07) is 1.87. The fraction of sp³-hybridized carbons (Fsp3) is 0.733. The zero-order chi connectivity index (χ0) is 14.8. The van der Waals surface area contributed by atoms with Crippen molar-refractivity contribution in [1.82, 2.24) is 14.9 Å². The zero-order valence-corrected chi connectivity index (χ0v) is 13.2. The molecule has 112 valence electrons. The number of hydrogen-bond donors (Lipinski definition) is 1. The maximum Gasteiger partial charge on any atom is 0.226 e. The van der Waals surface area contributed by atoms with Crippen molar-refractivity contribution >= 4 is 5.95 Å². The number of ether oxygens (including phenoxy) is 1. The predicted molar refractivity (Wildman–Crippen MR) is 81.3 cm³/mol. The fourth-order valence-electron chi connectivity index (χ4n) is 2.53. The molecule has 1 N–H and O–H groups in total. The quantitative estimate of drug-likeness (QED) is 0.866. The molecule has 20 heavy (non-hydrogen) atoms. The second-order valence-electron chi connectivity index (χ2n) is 6.16. The molecule has 2 rings (SSSR count). The highest BCUT2D eigenvalue weighted by Crippen LogP contribution is 2.36. The zero-order valence-electron chi connectivity index (χ0n) is 13.2. The van der Waals surface area contributed by atoms with Crippen LogP contribution in [0.15, 0.2) is 6.07 Å². The SMILES string of the molecule is Cc1cc(OC(C)C)nc(NCC2(N(C)C)CCC2)n1. The van der Waals surface area contributed by atoms with Gasteiger partial charge in [-0.15, -0.1) is 0 Å². The molecule has 0 spiro atoms. The Bertz CT molecular complexity index is 455. The first-order valence-corrected chi connectivity index (χ1v) is 7.35. The highest BCUT2D eigenvalue weighted by molar-refractivity contribution is 5.31. The molecule has 0 aliphatic heterocycles. The van der Waals surface area contributed by atoms with Crippen LogP contribution in [0.1, 0.15) is 38.8 Å². The van der Waals surface area contributed by atoms with E-state index in [0.29, 0.717) is 11.8 Å². The van der Waals surface area contributed by atoms with Crippen molar-refractivity contribution in [2.75, 3.05) is 26.0 Å². The molecule has 1 aromatic rings. The van der Waals surface area contributed by atoms with Crippen molar-refractivity contribution in [2.45, 2.75) is 51.7 Å². The number of nitrogens with zero attached hydrogens (tertiary/aromatic N) is 3. The van der Waals surface area contributed by atoms with E-state index in [-0.39, 0.29) is 11.6 Å². The summed E-state index contributed by atoms with van der Waals surface area (Å²) in [6.45, 7) is 6.84. The molecule has 0 saturated heterocycles. The Hall–Kier alpha value is -1.36.